The van der Waals surface area contributed by atoms with Gasteiger partial charge in [0.25, 0.3) is 0 Å². The molecule has 0 aliphatic carbocycles. The van der Waals surface area contributed by atoms with Crippen molar-refractivity contribution in [3.8, 4) is 0 Å². The number of morpholine rings is 1. The summed E-state index contributed by atoms with van der Waals surface area (Å²) in [5.41, 5.74) is 1.14. The molecule has 2 aromatic heterocycles. The van der Waals surface area contributed by atoms with Gasteiger partial charge in [-0.25, -0.2) is 0 Å². The molecule has 0 saturated carbocycles. The molecule has 2 aliphatic heterocycles. The van der Waals surface area contributed by atoms with Crippen LogP contribution in [0.25, 0.3) is 0 Å². The van der Waals surface area contributed by atoms with Crippen molar-refractivity contribution in [2.45, 2.75) is 32.4 Å². The highest BCUT2D eigenvalue weighted by atomic mass is 127. The summed E-state index contributed by atoms with van der Waals surface area (Å²) in [6.07, 6.45) is 6.47. The summed E-state index contributed by atoms with van der Waals surface area (Å²) in [7, 11) is 1.95. The minimum absolute atomic E-state index is 0. The van der Waals surface area contributed by atoms with Crippen LogP contribution in [-0.4, -0.2) is 71.4 Å². The standard InChI is InChI=1S/C22H34N6OS.HI/c1-3-23-22(28-10-11-29-21(17-28)19-14-25-26(2)15-19)24-13-18-6-8-27(9-7-18)16-20-5-4-12-30-20;/h4-5,12,14-15,18,21H,3,6-11,13,16-17H2,1-2H3,(H,23,24);1H. The fraction of sp³-hybridized carbons (Fsp3) is 0.636. The molecule has 7 nitrogen and oxygen atoms in total. The molecule has 0 spiro atoms. The van der Waals surface area contributed by atoms with E-state index in [1.807, 2.05) is 35.5 Å². The van der Waals surface area contributed by atoms with Gasteiger partial charge in [0.05, 0.1) is 19.3 Å². The molecule has 2 saturated heterocycles. The fourth-order valence-corrected chi connectivity index (χ4v) is 4.99. The van der Waals surface area contributed by atoms with E-state index in [-0.39, 0.29) is 30.1 Å². The van der Waals surface area contributed by atoms with Crippen LogP contribution in [0.5, 0.6) is 0 Å². The van der Waals surface area contributed by atoms with E-state index in [0.717, 1.165) is 44.2 Å². The van der Waals surface area contributed by atoms with Gasteiger partial charge in [-0.1, -0.05) is 6.07 Å². The van der Waals surface area contributed by atoms with Gasteiger partial charge in [-0.05, 0) is 50.2 Å². The van der Waals surface area contributed by atoms with Crippen LogP contribution in [0, 0.1) is 5.92 Å². The third-order valence-corrected chi connectivity index (χ3v) is 6.82. The molecule has 2 aliphatic rings. The first-order valence-corrected chi connectivity index (χ1v) is 12.0. The Hall–Kier alpha value is -1.17. The number of nitrogens with zero attached hydrogens (tertiary/aromatic N) is 5. The smallest absolute Gasteiger partial charge is 0.194 e. The lowest BCUT2D eigenvalue weighted by Gasteiger charge is -2.35. The summed E-state index contributed by atoms with van der Waals surface area (Å²) in [5.74, 6) is 1.70. The van der Waals surface area contributed by atoms with E-state index in [1.54, 1.807) is 0 Å². The molecule has 31 heavy (non-hydrogen) atoms. The average molecular weight is 559 g/mol. The number of hydrogen-bond acceptors (Lipinski definition) is 5. The topological polar surface area (TPSA) is 57.9 Å². The van der Waals surface area contributed by atoms with Gasteiger partial charge >= 0.3 is 0 Å². The molecule has 1 unspecified atom stereocenters. The van der Waals surface area contributed by atoms with Crippen LogP contribution in [0.1, 0.15) is 36.3 Å². The Bertz CT molecular complexity index is 803. The summed E-state index contributed by atoms with van der Waals surface area (Å²) in [6.45, 7) is 9.78. The Labute approximate surface area is 206 Å². The maximum atomic E-state index is 6.00. The molecule has 0 aromatic carbocycles. The molecule has 2 aromatic rings. The fourth-order valence-electron chi connectivity index (χ4n) is 4.24. The van der Waals surface area contributed by atoms with Crippen molar-refractivity contribution in [2.75, 3.05) is 45.9 Å². The number of ether oxygens (including phenoxy) is 1. The summed E-state index contributed by atoms with van der Waals surface area (Å²) in [5, 5.41) is 9.96. The van der Waals surface area contributed by atoms with Crippen LogP contribution in [0.4, 0.5) is 0 Å². The van der Waals surface area contributed by atoms with E-state index < -0.39 is 0 Å². The first-order chi connectivity index (χ1) is 14.7. The van der Waals surface area contributed by atoms with Crippen molar-refractivity contribution in [3.05, 3.63) is 40.3 Å². The molecule has 0 amide bonds. The predicted octanol–water partition coefficient (Wildman–Crippen LogP) is 3.35. The van der Waals surface area contributed by atoms with Gasteiger partial charge in [0, 0.05) is 49.9 Å². The molecule has 2 fully saturated rings. The zero-order valence-corrected chi connectivity index (χ0v) is 21.7. The number of thiophene rings is 1. The number of piperidine rings is 1. The van der Waals surface area contributed by atoms with Gasteiger partial charge in [-0.2, -0.15) is 5.10 Å². The lowest BCUT2D eigenvalue weighted by molar-refractivity contribution is -0.00808. The summed E-state index contributed by atoms with van der Waals surface area (Å²) < 4.78 is 7.84. The van der Waals surface area contributed by atoms with Crippen molar-refractivity contribution < 1.29 is 4.74 Å². The zero-order chi connectivity index (χ0) is 20.8. The number of nitrogens with one attached hydrogen (secondary N) is 1. The second-order valence-corrected chi connectivity index (χ2v) is 9.28. The second kappa shape index (κ2) is 12.2. The largest absolute Gasteiger partial charge is 0.370 e. The van der Waals surface area contributed by atoms with Crippen molar-refractivity contribution >= 4 is 41.3 Å². The SMILES string of the molecule is CCNC(=NCC1CCN(Cc2cccs2)CC1)N1CCOC(c2cnn(C)c2)C1.I. The van der Waals surface area contributed by atoms with Gasteiger partial charge in [-0.3, -0.25) is 14.6 Å². The normalized spacial score (nSPS) is 21.2. The van der Waals surface area contributed by atoms with Crippen molar-refractivity contribution in [1.29, 1.82) is 0 Å². The van der Waals surface area contributed by atoms with Gasteiger partial charge < -0.3 is 15.0 Å². The highest BCUT2D eigenvalue weighted by molar-refractivity contribution is 14.0. The molecule has 0 radical (unpaired) electrons. The number of aliphatic imine (C=N–C) groups is 1. The molecule has 172 valence electrons. The monoisotopic (exact) mass is 558 g/mol. The second-order valence-electron chi connectivity index (χ2n) is 8.25. The van der Waals surface area contributed by atoms with E-state index in [2.05, 4.69) is 44.7 Å². The molecular weight excluding hydrogens is 523 g/mol. The van der Waals surface area contributed by atoms with Crippen LogP contribution in [-0.2, 0) is 18.3 Å². The Morgan fingerprint density at radius 2 is 2.16 bits per heavy atom. The average Bonchev–Trinajstić information content (AvgIpc) is 3.44. The number of halogens is 1. The predicted molar refractivity (Wildman–Crippen MR) is 137 cm³/mol. The highest BCUT2D eigenvalue weighted by Crippen LogP contribution is 2.23. The van der Waals surface area contributed by atoms with Gasteiger partial charge in [0.1, 0.15) is 6.10 Å². The lowest BCUT2D eigenvalue weighted by atomic mass is 9.97. The van der Waals surface area contributed by atoms with E-state index in [9.17, 15) is 0 Å². The maximum Gasteiger partial charge on any atom is 0.194 e. The molecule has 4 heterocycles. The maximum absolute atomic E-state index is 6.00. The minimum Gasteiger partial charge on any atom is -0.370 e. The van der Waals surface area contributed by atoms with E-state index in [1.165, 1.54) is 30.8 Å². The molecule has 0 bridgehead atoms. The van der Waals surface area contributed by atoms with Gasteiger partial charge in [0.2, 0.25) is 0 Å². The zero-order valence-electron chi connectivity index (χ0n) is 18.6. The third-order valence-electron chi connectivity index (χ3n) is 5.96. The van der Waals surface area contributed by atoms with Crippen LogP contribution in [0.3, 0.4) is 0 Å². The first-order valence-electron chi connectivity index (χ1n) is 11.1. The summed E-state index contributed by atoms with van der Waals surface area (Å²) in [4.78, 5) is 11.4. The van der Waals surface area contributed by atoms with Crippen molar-refractivity contribution in [3.63, 3.8) is 0 Å². The molecular formula is C22H35IN6OS. The number of aromatic nitrogens is 2. The quantitative estimate of drug-likeness (QED) is 0.335. The van der Waals surface area contributed by atoms with Crippen LogP contribution in [0.2, 0.25) is 0 Å². The minimum atomic E-state index is 0. The van der Waals surface area contributed by atoms with Gasteiger partial charge in [-0.15, -0.1) is 35.3 Å². The Morgan fingerprint density at radius 1 is 1.32 bits per heavy atom. The van der Waals surface area contributed by atoms with E-state index in [4.69, 9.17) is 9.73 Å². The molecule has 4 rings (SSSR count). The number of likely N-dealkylation sites (tertiary alicyclic amines) is 1. The van der Waals surface area contributed by atoms with Crippen molar-refractivity contribution in [1.82, 2.24) is 24.9 Å². The Morgan fingerprint density at radius 3 is 2.84 bits per heavy atom. The number of hydrogen-bond donors (Lipinski definition) is 1. The number of aryl methyl sites for hydroxylation is 1. The van der Waals surface area contributed by atoms with Crippen LogP contribution < -0.4 is 5.32 Å². The van der Waals surface area contributed by atoms with Crippen LogP contribution in [0.15, 0.2) is 34.9 Å². The molecule has 1 N–H and O–H groups in total. The summed E-state index contributed by atoms with van der Waals surface area (Å²) >= 11 is 1.86. The number of rotatable bonds is 6. The van der Waals surface area contributed by atoms with E-state index in [0.29, 0.717) is 12.5 Å². The first kappa shape index (κ1) is 24.5. The Balaban J connectivity index is 0.00000272. The van der Waals surface area contributed by atoms with E-state index >= 15 is 0 Å². The highest BCUT2D eigenvalue weighted by Gasteiger charge is 2.26. The lowest BCUT2D eigenvalue weighted by Crippen LogP contribution is -2.48. The Kier molecular flexibility index (Phi) is 9.61. The summed E-state index contributed by atoms with van der Waals surface area (Å²) in [6, 6.07) is 4.39. The van der Waals surface area contributed by atoms with Gasteiger partial charge in [0.15, 0.2) is 5.96 Å². The number of guanidine groups is 1. The molecule has 9 heteroatoms. The molecule has 1 atom stereocenters. The third kappa shape index (κ3) is 6.90. The van der Waals surface area contributed by atoms with Crippen LogP contribution >= 0.6 is 35.3 Å². The van der Waals surface area contributed by atoms with Crippen molar-refractivity contribution in [2.24, 2.45) is 18.0 Å².